The van der Waals surface area contributed by atoms with Crippen LogP contribution in [0.25, 0.3) is 0 Å². The van der Waals surface area contributed by atoms with Gasteiger partial charge in [0.15, 0.2) is 11.6 Å². The van der Waals surface area contributed by atoms with Crippen LogP contribution >= 0.6 is 0 Å². The number of hydrogen-bond donors (Lipinski definition) is 2. The molecule has 0 aliphatic heterocycles. The van der Waals surface area contributed by atoms with Crippen molar-refractivity contribution in [3.63, 3.8) is 0 Å². The van der Waals surface area contributed by atoms with Crippen molar-refractivity contribution >= 4 is 12.6 Å². The topological polar surface area (TPSA) is 49.7 Å². The molecule has 0 heterocycles. The van der Waals surface area contributed by atoms with Crippen LogP contribution in [0.15, 0.2) is 18.2 Å². The van der Waals surface area contributed by atoms with E-state index >= 15 is 0 Å². The summed E-state index contributed by atoms with van der Waals surface area (Å²) in [5.74, 6) is -0.740. The van der Waals surface area contributed by atoms with E-state index in [1.165, 1.54) is 31.7 Å². The first kappa shape index (κ1) is 18.9. The second kappa shape index (κ2) is 10.7. The van der Waals surface area contributed by atoms with Gasteiger partial charge in [0.2, 0.25) is 0 Å². The Kier molecular flexibility index (Phi) is 11.9. The largest absolute Gasteiger partial charge is 1.00 e. The zero-order chi connectivity index (χ0) is 12.6. The first-order chi connectivity index (χ1) is 7.58. The predicted molar refractivity (Wildman–Crippen MR) is 63.0 cm³/mol. The monoisotopic (exact) mass is 234 g/mol. The average Bonchev–Trinajstić information content (AvgIpc) is 2.29. The quantitative estimate of drug-likeness (QED) is 0.476. The van der Waals surface area contributed by atoms with Crippen molar-refractivity contribution in [3.05, 3.63) is 30.9 Å². The number of rotatable bonds is 3. The molecule has 0 saturated carbocycles. The normalized spacial score (nSPS) is 8.59. The van der Waals surface area contributed by atoms with E-state index in [0.29, 0.717) is 0 Å². The van der Waals surface area contributed by atoms with Crippen LogP contribution < -0.4 is 29.1 Å². The van der Waals surface area contributed by atoms with Crippen LogP contribution in [0.2, 0.25) is 0 Å². The Morgan fingerprint density at radius 3 is 2.29 bits per heavy atom. The molecule has 0 amide bonds. The summed E-state index contributed by atoms with van der Waals surface area (Å²) in [5.41, 5.74) is -0.186. The fourth-order valence-corrected chi connectivity index (χ4v) is 0.885. The molecule has 90 valence electrons. The fourth-order valence-electron chi connectivity index (χ4n) is 0.885. The molecule has 0 atom stereocenters. The van der Waals surface area contributed by atoms with Crippen LogP contribution in [0.4, 0.5) is 4.39 Å². The van der Waals surface area contributed by atoms with Gasteiger partial charge in [-0.25, -0.2) is 4.39 Å². The van der Waals surface area contributed by atoms with Crippen molar-refractivity contribution in [2.45, 2.75) is 19.8 Å². The maximum Gasteiger partial charge on any atom is 1.00 e. The van der Waals surface area contributed by atoms with Gasteiger partial charge in [-0.05, 0) is 6.07 Å². The van der Waals surface area contributed by atoms with E-state index < -0.39 is 12.9 Å². The Bertz CT molecular complexity index is 309. The summed E-state index contributed by atoms with van der Waals surface area (Å²) in [5, 5.41) is 17.4. The zero-order valence-electron chi connectivity index (χ0n) is 10.6. The summed E-state index contributed by atoms with van der Waals surface area (Å²) in [4.78, 5) is 0. The molecule has 0 aliphatic carbocycles. The molecule has 3 nitrogen and oxygen atoms in total. The Balaban J connectivity index is 0. The zero-order valence-corrected chi connectivity index (χ0v) is 10.6. The number of hydrogen-bond acceptors (Lipinski definition) is 3. The Morgan fingerprint density at radius 2 is 1.94 bits per heavy atom. The van der Waals surface area contributed by atoms with Crippen LogP contribution in [0, 0.1) is 12.7 Å². The molecule has 6 heteroatoms. The molecule has 0 aliphatic rings. The molecule has 0 fully saturated rings. The summed E-state index contributed by atoms with van der Waals surface area (Å²) in [7, 11) is -0.494. The molecule has 1 aromatic carbocycles. The molecule has 1 aromatic rings. The van der Waals surface area contributed by atoms with Crippen LogP contribution in [-0.2, 0) is 0 Å². The van der Waals surface area contributed by atoms with Gasteiger partial charge < -0.3 is 21.7 Å². The van der Waals surface area contributed by atoms with E-state index in [1.54, 1.807) is 0 Å². The Hall–Kier alpha value is -0.468. The van der Waals surface area contributed by atoms with Crippen LogP contribution in [0.5, 0.6) is 5.75 Å². The van der Waals surface area contributed by atoms with Crippen molar-refractivity contribution in [1.82, 2.24) is 0 Å². The minimum absolute atomic E-state index is 0. The predicted octanol–water partition coefficient (Wildman–Crippen LogP) is -1.86. The van der Waals surface area contributed by atoms with Crippen molar-refractivity contribution in [2.75, 3.05) is 7.11 Å². The summed E-state index contributed by atoms with van der Waals surface area (Å²) in [6, 6.07) is 4.17. The maximum atomic E-state index is 13.1. The van der Waals surface area contributed by atoms with Crippen molar-refractivity contribution < 1.29 is 38.0 Å². The Labute approximate surface area is 114 Å². The third kappa shape index (κ3) is 6.75. The minimum atomic E-state index is -1.81. The minimum Gasteiger partial charge on any atom is -0.494 e. The molecule has 0 spiro atoms. The third-order valence-corrected chi connectivity index (χ3v) is 1.84. The van der Waals surface area contributed by atoms with E-state index in [0.717, 1.165) is 6.42 Å². The molecule has 0 unspecified atom stereocenters. The van der Waals surface area contributed by atoms with Gasteiger partial charge in [0.25, 0.3) is 0 Å². The van der Waals surface area contributed by atoms with Crippen LogP contribution in [0.1, 0.15) is 19.8 Å². The molecule has 0 bridgehead atoms. The van der Waals surface area contributed by atoms with E-state index in [4.69, 9.17) is 10.0 Å². The molecule has 2 N–H and O–H groups in total. The van der Waals surface area contributed by atoms with Gasteiger partial charge in [-0.2, -0.15) is 6.42 Å². The maximum absolute atomic E-state index is 13.1. The molecule has 17 heavy (non-hydrogen) atoms. The number of halogens is 1. The van der Waals surface area contributed by atoms with E-state index in [2.05, 4.69) is 18.6 Å². The second-order valence-electron chi connectivity index (χ2n) is 3.09. The number of ether oxygens (including phenoxy) is 1. The SMILES string of the molecule is COc1cccc(B(O)O)c1F.[CH2-]CCC.[Li+]. The van der Waals surface area contributed by atoms with Crippen LogP contribution in [0.3, 0.4) is 0 Å². The molecular formula is C11H17BFLiO3. The number of unbranched alkanes of at least 4 members (excludes halogenated alkanes) is 1. The van der Waals surface area contributed by atoms with E-state index in [-0.39, 0.29) is 30.1 Å². The number of methoxy groups -OCH3 is 1. The van der Waals surface area contributed by atoms with Gasteiger partial charge in [-0.1, -0.05) is 25.5 Å². The molecular weight excluding hydrogens is 217 g/mol. The van der Waals surface area contributed by atoms with E-state index in [1.807, 2.05) is 0 Å². The number of benzene rings is 1. The third-order valence-electron chi connectivity index (χ3n) is 1.84. The van der Waals surface area contributed by atoms with Crippen molar-refractivity contribution in [3.8, 4) is 5.75 Å². The van der Waals surface area contributed by atoms with Gasteiger partial charge in [-0.3, -0.25) is 0 Å². The van der Waals surface area contributed by atoms with Gasteiger partial charge in [0, 0.05) is 5.46 Å². The van der Waals surface area contributed by atoms with Gasteiger partial charge in [-0.15, -0.1) is 0 Å². The molecule has 0 radical (unpaired) electrons. The van der Waals surface area contributed by atoms with Crippen molar-refractivity contribution in [2.24, 2.45) is 0 Å². The summed E-state index contributed by atoms with van der Waals surface area (Å²) < 4.78 is 17.7. The van der Waals surface area contributed by atoms with Gasteiger partial charge >= 0.3 is 26.0 Å². The van der Waals surface area contributed by atoms with Crippen LogP contribution in [-0.4, -0.2) is 24.3 Å². The van der Waals surface area contributed by atoms with Crippen molar-refractivity contribution in [1.29, 1.82) is 0 Å². The van der Waals surface area contributed by atoms with Gasteiger partial charge in [0.1, 0.15) is 0 Å². The first-order valence-corrected chi connectivity index (χ1v) is 5.06. The van der Waals surface area contributed by atoms with Gasteiger partial charge in [0.05, 0.1) is 7.11 Å². The summed E-state index contributed by atoms with van der Waals surface area (Å²) >= 11 is 0. The Morgan fingerprint density at radius 1 is 1.41 bits per heavy atom. The average molecular weight is 234 g/mol. The smallest absolute Gasteiger partial charge is 0.494 e. The summed E-state index contributed by atoms with van der Waals surface area (Å²) in [6.45, 7) is 5.72. The second-order valence-corrected chi connectivity index (χ2v) is 3.09. The standard InChI is InChI=1S/C7H8BFO3.C4H9.Li/c1-12-6-4-2-3-5(7(6)9)8(10)11;1-3-4-2;/h2-4,10-11H,1H3;1,3-4H2,2H3;/q;-1;+1. The molecule has 1 rings (SSSR count). The molecule has 0 saturated heterocycles. The first-order valence-electron chi connectivity index (χ1n) is 5.06. The molecule has 0 aromatic heterocycles. The van der Waals surface area contributed by atoms with E-state index in [9.17, 15) is 4.39 Å². The fraction of sp³-hybridized carbons (Fsp3) is 0.364. The summed E-state index contributed by atoms with van der Waals surface area (Å²) in [6.07, 6.45) is 2.28.